The van der Waals surface area contributed by atoms with Crippen LogP contribution in [0.25, 0.3) is 0 Å². The summed E-state index contributed by atoms with van der Waals surface area (Å²) in [5, 5.41) is 0.238. The molecule has 0 aliphatic heterocycles. The average Bonchev–Trinajstić information content (AvgIpc) is 2.53. The summed E-state index contributed by atoms with van der Waals surface area (Å²) in [6.07, 6.45) is 1.79. The molecule has 0 aliphatic carbocycles. The fourth-order valence-electron chi connectivity index (χ4n) is 2.56. The maximum absolute atomic E-state index is 14.8. The Hall–Kier alpha value is -1.58. The molecular weight excluding hydrogens is 301 g/mol. The number of nitrogens with two attached hydrogens (primary N) is 1. The van der Waals surface area contributed by atoms with Gasteiger partial charge in [-0.1, -0.05) is 62.6 Å². The van der Waals surface area contributed by atoms with Gasteiger partial charge in [0.2, 0.25) is 0 Å². The van der Waals surface area contributed by atoms with Crippen LogP contribution in [-0.2, 0) is 0 Å². The van der Waals surface area contributed by atoms with Crippen molar-refractivity contribution in [2.24, 2.45) is 11.7 Å². The molecule has 0 fully saturated rings. The molecule has 2 rings (SSSR count). The number of hydrogen-bond acceptors (Lipinski definition) is 2. The third-order valence-electron chi connectivity index (χ3n) is 3.96. The molecule has 0 unspecified atom stereocenters. The molecule has 118 valence electrons. The van der Waals surface area contributed by atoms with Gasteiger partial charge in [-0.2, -0.15) is 0 Å². The number of ether oxygens (including phenoxy) is 1. The van der Waals surface area contributed by atoms with Gasteiger partial charge in [0.15, 0.2) is 11.6 Å². The van der Waals surface area contributed by atoms with E-state index in [0.717, 1.165) is 12.8 Å². The van der Waals surface area contributed by atoms with Crippen LogP contribution >= 0.6 is 11.6 Å². The number of halogens is 2. The van der Waals surface area contributed by atoms with Gasteiger partial charge in [-0.15, -0.1) is 0 Å². The molecule has 0 bridgehead atoms. The summed E-state index contributed by atoms with van der Waals surface area (Å²) in [5.74, 6) is 0.319. The maximum atomic E-state index is 14.8. The number of benzene rings is 2. The van der Waals surface area contributed by atoms with E-state index in [9.17, 15) is 4.39 Å². The predicted molar refractivity (Wildman–Crippen MR) is 88.9 cm³/mol. The van der Waals surface area contributed by atoms with Crippen molar-refractivity contribution in [2.75, 3.05) is 0 Å². The Morgan fingerprint density at radius 2 is 1.73 bits per heavy atom. The molecule has 22 heavy (non-hydrogen) atoms. The number of para-hydroxylation sites is 1. The smallest absolute Gasteiger partial charge is 0.181 e. The van der Waals surface area contributed by atoms with Crippen LogP contribution in [-0.4, -0.2) is 0 Å². The Balaban J connectivity index is 2.37. The Morgan fingerprint density at radius 3 is 2.32 bits per heavy atom. The topological polar surface area (TPSA) is 35.2 Å². The van der Waals surface area contributed by atoms with Crippen molar-refractivity contribution >= 4 is 11.6 Å². The molecule has 2 N–H and O–H groups in total. The molecule has 0 aromatic heterocycles. The largest absolute Gasteiger partial charge is 0.453 e. The second-order valence-electron chi connectivity index (χ2n) is 5.30. The molecule has 0 amide bonds. The van der Waals surface area contributed by atoms with E-state index in [-0.39, 0.29) is 22.7 Å². The van der Waals surface area contributed by atoms with Gasteiger partial charge in [-0.3, -0.25) is 0 Å². The van der Waals surface area contributed by atoms with Crippen molar-refractivity contribution in [2.45, 2.75) is 32.7 Å². The van der Waals surface area contributed by atoms with Gasteiger partial charge in [0, 0.05) is 11.6 Å². The zero-order chi connectivity index (χ0) is 16.1. The lowest BCUT2D eigenvalue weighted by atomic mass is 9.89. The van der Waals surface area contributed by atoms with E-state index in [0.29, 0.717) is 11.3 Å². The number of rotatable bonds is 6. The summed E-state index contributed by atoms with van der Waals surface area (Å²) in [7, 11) is 0. The van der Waals surface area contributed by atoms with E-state index in [1.165, 1.54) is 0 Å². The molecule has 4 heteroatoms. The Bertz CT molecular complexity index is 614. The highest BCUT2D eigenvalue weighted by Gasteiger charge is 2.23. The SMILES string of the molecule is CCC(CC)[C@H](N)c1ccc(Cl)c(Oc2ccccc2)c1F. The van der Waals surface area contributed by atoms with Crippen LogP contribution in [0.15, 0.2) is 42.5 Å². The molecule has 0 spiro atoms. The average molecular weight is 322 g/mol. The van der Waals surface area contributed by atoms with Crippen LogP contribution < -0.4 is 10.5 Å². The van der Waals surface area contributed by atoms with Gasteiger partial charge in [-0.25, -0.2) is 4.39 Å². The minimum Gasteiger partial charge on any atom is -0.453 e. The van der Waals surface area contributed by atoms with E-state index in [1.807, 2.05) is 18.2 Å². The summed E-state index contributed by atoms with van der Waals surface area (Å²) in [6.45, 7) is 4.12. The monoisotopic (exact) mass is 321 g/mol. The van der Waals surface area contributed by atoms with E-state index >= 15 is 0 Å². The van der Waals surface area contributed by atoms with Gasteiger partial charge in [0.1, 0.15) is 5.75 Å². The van der Waals surface area contributed by atoms with Gasteiger partial charge in [0.25, 0.3) is 0 Å². The first kappa shape index (κ1) is 16.8. The molecule has 0 aliphatic rings. The van der Waals surface area contributed by atoms with Crippen molar-refractivity contribution < 1.29 is 9.13 Å². The molecule has 0 saturated carbocycles. The van der Waals surface area contributed by atoms with Crippen LogP contribution in [0.2, 0.25) is 5.02 Å². The van der Waals surface area contributed by atoms with E-state index in [2.05, 4.69) is 13.8 Å². The van der Waals surface area contributed by atoms with E-state index in [4.69, 9.17) is 22.1 Å². The molecular formula is C18H21ClFNO. The van der Waals surface area contributed by atoms with E-state index < -0.39 is 5.82 Å². The zero-order valence-corrected chi connectivity index (χ0v) is 13.6. The first-order valence-corrected chi connectivity index (χ1v) is 7.92. The van der Waals surface area contributed by atoms with Gasteiger partial charge in [-0.05, 0) is 24.1 Å². The second-order valence-corrected chi connectivity index (χ2v) is 5.70. The standard InChI is InChI=1S/C18H21ClFNO/c1-3-12(4-2)17(21)14-10-11-15(19)18(16(14)20)22-13-8-6-5-7-9-13/h5-12,17H,3-4,21H2,1-2H3/t17-/m0/s1. The van der Waals surface area contributed by atoms with Crippen LogP contribution in [0.4, 0.5) is 4.39 Å². The molecule has 0 saturated heterocycles. The quantitative estimate of drug-likeness (QED) is 0.739. The van der Waals surface area contributed by atoms with Gasteiger partial charge < -0.3 is 10.5 Å². The molecule has 0 radical (unpaired) electrons. The van der Waals surface area contributed by atoms with Crippen molar-refractivity contribution in [3.63, 3.8) is 0 Å². The molecule has 0 heterocycles. The lowest BCUT2D eigenvalue weighted by Crippen LogP contribution is -2.21. The highest BCUT2D eigenvalue weighted by molar-refractivity contribution is 6.32. The lowest BCUT2D eigenvalue weighted by Gasteiger charge is -2.23. The predicted octanol–water partition coefficient (Wildman–Crippen LogP) is 5.71. The van der Waals surface area contributed by atoms with Crippen molar-refractivity contribution in [3.8, 4) is 11.5 Å². The zero-order valence-electron chi connectivity index (χ0n) is 12.9. The molecule has 2 aromatic carbocycles. The van der Waals surface area contributed by atoms with Gasteiger partial charge >= 0.3 is 0 Å². The Kier molecular flexibility index (Phi) is 5.81. The third-order valence-corrected chi connectivity index (χ3v) is 4.26. The summed E-state index contributed by atoms with van der Waals surface area (Å²) < 4.78 is 20.4. The molecule has 2 nitrogen and oxygen atoms in total. The fourth-order valence-corrected chi connectivity index (χ4v) is 2.74. The maximum Gasteiger partial charge on any atom is 0.181 e. The highest BCUT2D eigenvalue weighted by atomic mass is 35.5. The van der Waals surface area contributed by atoms with Crippen LogP contribution in [0.5, 0.6) is 11.5 Å². The lowest BCUT2D eigenvalue weighted by molar-refractivity contribution is 0.383. The Morgan fingerprint density at radius 1 is 1.09 bits per heavy atom. The summed E-state index contributed by atoms with van der Waals surface area (Å²) in [6, 6.07) is 11.9. The second kappa shape index (κ2) is 7.61. The van der Waals surface area contributed by atoms with Crippen LogP contribution in [0, 0.1) is 11.7 Å². The van der Waals surface area contributed by atoms with Crippen molar-refractivity contribution in [3.05, 3.63) is 58.9 Å². The summed E-state index contributed by atoms with van der Waals surface area (Å²) in [4.78, 5) is 0. The van der Waals surface area contributed by atoms with Crippen molar-refractivity contribution in [1.29, 1.82) is 0 Å². The van der Waals surface area contributed by atoms with Crippen LogP contribution in [0.3, 0.4) is 0 Å². The minimum atomic E-state index is -0.476. The minimum absolute atomic E-state index is 0.0340. The summed E-state index contributed by atoms with van der Waals surface area (Å²) >= 11 is 6.10. The summed E-state index contributed by atoms with van der Waals surface area (Å²) in [5.41, 5.74) is 6.68. The Labute approximate surface area is 136 Å². The highest BCUT2D eigenvalue weighted by Crippen LogP contribution is 2.37. The van der Waals surface area contributed by atoms with Gasteiger partial charge in [0.05, 0.1) is 5.02 Å². The third kappa shape index (κ3) is 3.60. The fraction of sp³-hybridized carbons (Fsp3) is 0.333. The van der Waals surface area contributed by atoms with Crippen LogP contribution in [0.1, 0.15) is 38.3 Å². The van der Waals surface area contributed by atoms with E-state index in [1.54, 1.807) is 24.3 Å². The number of hydrogen-bond donors (Lipinski definition) is 1. The first-order valence-electron chi connectivity index (χ1n) is 7.54. The molecule has 2 aromatic rings. The first-order chi connectivity index (χ1) is 10.6. The normalized spacial score (nSPS) is 12.5. The molecule has 1 atom stereocenters. The van der Waals surface area contributed by atoms with Crippen molar-refractivity contribution in [1.82, 2.24) is 0 Å².